The van der Waals surface area contributed by atoms with Gasteiger partial charge in [0.05, 0.1) is 27.2 Å². The maximum absolute atomic E-state index is 12.9. The molecule has 3 aromatic carbocycles. The van der Waals surface area contributed by atoms with Crippen LogP contribution in [0, 0.1) is 18.3 Å². The number of nitriles is 1. The summed E-state index contributed by atoms with van der Waals surface area (Å²) in [5, 5.41) is 10.7. The molecular formula is C25H18Cl3N3O2S. The Morgan fingerprint density at radius 3 is 2.32 bits per heavy atom. The van der Waals surface area contributed by atoms with Gasteiger partial charge >= 0.3 is 0 Å². The Morgan fingerprint density at radius 1 is 0.941 bits per heavy atom. The maximum Gasteiger partial charge on any atom is 0.240 e. The van der Waals surface area contributed by atoms with E-state index in [1.54, 1.807) is 30.3 Å². The van der Waals surface area contributed by atoms with Crippen LogP contribution >= 0.6 is 34.8 Å². The predicted octanol–water partition coefficient (Wildman–Crippen LogP) is 6.76. The van der Waals surface area contributed by atoms with Crippen LogP contribution in [0.3, 0.4) is 0 Å². The third-order valence-electron chi connectivity index (χ3n) is 5.37. The molecule has 4 rings (SSSR count). The van der Waals surface area contributed by atoms with Crippen LogP contribution in [0.4, 0.5) is 0 Å². The normalized spacial score (nSPS) is 11.4. The molecule has 0 unspecified atom stereocenters. The van der Waals surface area contributed by atoms with Crippen LogP contribution in [0.5, 0.6) is 0 Å². The van der Waals surface area contributed by atoms with Gasteiger partial charge in [-0.2, -0.15) is 5.26 Å². The van der Waals surface area contributed by atoms with E-state index < -0.39 is 10.0 Å². The molecule has 0 radical (unpaired) electrons. The minimum absolute atomic E-state index is 0.0299. The molecular weight excluding hydrogens is 513 g/mol. The van der Waals surface area contributed by atoms with Crippen LogP contribution in [0.15, 0.2) is 77.7 Å². The van der Waals surface area contributed by atoms with Crippen molar-refractivity contribution in [1.82, 2.24) is 9.29 Å². The lowest BCUT2D eigenvalue weighted by Crippen LogP contribution is -2.23. The van der Waals surface area contributed by atoms with Crippen LogP contribution in [0.1, 0.15) is 16.8 Å². The molecule has 0 aliphatic heterocycles. The van der Waals surface area contributed by atoms with Crippen molar-refractivity contribution in [3.05, 3.63) is 105 Å². The van der Waals surface area contributed by atoms with Crippen molar-refractivity contribution in [3.8, 4) is 23.0 Å². The van der Waals surface area contributed by atoms with Crippen molar-refractivity contribution < 1.29 is 8.42 Å². The summed E-state index contributed by atoms with van der Waals surface area (Å²) in [7, 11) is -3.83. The number of sulfonamides is 1. The van der Waals surface area contributed by atoms with E-state index in [0.717, 1.165) is 28.2 Å². The quantitative estimate of drug-likeness (QED) is 0.299. The first kappa shape index (κ1) is 24.3. The summed E-state index contributed by atoms with van der Waals surface area (Å²) in [5.74, 6) is 0. The molecule has 0 amide bonds. The van der Waals surface area contributed by atoms with Gasteiger partial charge in [-0.25, -0.2) is 13.1 Å². The van der Waals surface area contributed by atoms with Gasteiger partial charge in [-0.3, -0.25) is 0 Å². The molecule has 1 aromatic heterocycles. The highest BCUT2D eigenvalue weighted by Crippen LogP contribution is 2.35. The Labute approximate surface area is 213 Å². The number of benzene rings is 3. The number of rotatable bonds is 6. The number of hydrogen-bond acceptors (Lipinski definition) is 3. The topological polar surface area (TPSA) is 74.9 Å². The molecule has 172 valence electrons. The van der Waals surface area contributed by atoms with E-state index >= 15 is 0 Å². The number of aromatic nitrogens is 1. The first-order valence-electron chi connectivity index (χ1n) is 10.1. The van der Waals surface area contributed by atoms with Crippen molar-refractivity contribution in [3.63, 3.8) is 0 Å². The second kappa shape index (κ2) is 9.83. The van der Waals surface area contributed by atoms with Crippen molar-refractivity contribution in [2.45, 2.75) is 18.4 Å². The van der Waals surface area contributed by atoms with Gasteiger partial charge < -0.3 is 4.57 Å². The first-order valence-corrected chi connectivity index (χ1v) is 12.7. The Kier molecular flexibility index (Phi) is 7.04. The van der Waals surface area contributed by atoms with Gasteiger partial charge in [0.2, 0.25) is 10.0 Å². The molecule has 1 heterocycles. The Hall–Kier alpha value is -2.79. The summed E-state index contributed by atoms with van der Waals surface area (Å²) in [6.07, 6.45) is 0. The summed E-state index contributed by atoms with van der Waals surface area (Å²) >= 11 is 18.7. The maximum atomic E-state index is 12.9. The summed E-state index contributed by atoms with van der Waals surface area (Å²) in [6, 6.07) is 22.3. The number of nitrogens with one attached hydrogen (secondary N) is 1. The minimum Gasteiger partial charge on any atom is -0.314 e. The predicted molar refractivity (Wildman–Crippen MR) is 136 cm³/mol. The van der Waals surface area contributed by atoms with Gasteiger partial charge in [-0.1, -0.05) is 40.9 Å². The molecule has 0 atom stereocenters. The highest BCUT2D eigenvalue weighted by Gasteiger charge is 2.20. The molecule has 0 bridgehead atoms. The molecule has 4 aromatic rings. The lowest BCUT2D eigenvalue weighted by molar-refractivity contribution is 0.581. The molecule has 0 aliphatic rings. The first-order chi connectivity index (χ1) is 16.2. The minimum atomic E-state index is -3.83. The molecule has 0 saturated carbocycles. The van der Waals surface area contributed by atoms with Gasteiger partial charge in [-0.05, 0) is 79.2 Å². The SMILES string of the molecule is Cc1c(CNS(=O)(=O)c2cccc(C#N)c2)cc(-c2ccc(Cl)cc2Cl)n1-c1ccc(Cl)cc1. The molecule has 0 saturated heterocycles. The summed E-state index contributed by atoms with van der Waals surface area (Å²) in [6.45, 7) is 1.95. The molecule has 1 N–H and O–H groups in total. The zero-order valence-corrected chi connectivity index (χ0v) is 21.0. The summed E-state index contributed by atoms with van der Waals surface area (Å²) < 4.78 is 30.4. The fourth-order valence-corrected chi connectivity index (χ4v) is 5.33. The van der Waals surface area contributed by atoms with Gasteiger partial charge in [0.15, 0.2) is 0 Å². The summed E-state index contributed by atoms with van der Waals surface area (Å²) in [5.41, 5.74) is 4.24. The van der Waals surface area contributed by atoms with Crippen LogP contribution < -0.4 is 4.72 Å². The zero-order chi connectivity index (χ0) is 24.5. The molecule has 5 nitrogen and oxygen atoms in total. The van der Waals surface area contributed by atoms with Gasteiger partial charge in [-0.15, -0.1) is 0 Å². The Balaban J connectivity index is 1.76. The standard InChI is InChI=1S/C25H18Cl3N3O2S/c1-16-18(15-30-34(32,33)22-4-2-3-17(11-22)14-29)12-25(23-10-7-20(27)13-24(23)28)31(16)21-8-5-19(26)6-9-21/h2-13,30H,15H2,1H3. The second-order valence-corrected chi connectivity index (χ2v) is 10.6. The van der Waals surface area contributed by atoms with E-state index in [1.165, 1.54) is 18.2 Å². The van der Waals surface area contributed by atoms with E-state index in [1.807, 2.05) is 41.8 Å². The van der Waals surface area contributed by atoms with Crippen molar-refractivity contribution in [1.29, 1.82) is 5.26 Å². The monoisotopic (exact) mass is 529 g/mol. The van der Waals surface area contributed by atoms with Crippen molar-refractivity contribution in [2.75, 3.05) is 0 Å². The van der Waals surface area contributed by atoms with Crippen LogP contribution in [0.2, 0.25) is 15.1 Å². The van der Waals surface area contributed by atoms with Gasteiger partial charge in [0.25, 0.3) is 0 Å². The fourth-order valence-electron chi connectivity index (χ4n) is 3.64. The van der Waals surface area contributed by atoms with Gasteiger partial charge in [0.1, 0.15) is 0 Å². The van der Waals surface area contributed by atoms with E-state index in [0.29, 0.717) is 15.1 Å². The molecule has 0 fully saturated rings. The molecule has 9 heteroatoms. The number of hydrogen-bond donors (Lipinski definition) is 1. The van der Waals surface area contributed by atoms with Gasteiger partial charge in [0, 0.05) is 33.5 Å². The van der Waals surface area contributed by atoms with E-state index in [4.69, 9.17) is 40.1 Å². The molecule has 0 aliphatic carbocycles. The average molecular weight is 531 g/mol. The smallest absolute Gasteiger partial charge is 0.240 e. The van der Waals surface area contributed by atoms with Crippen LogP contribution in [0.25, 0.3) is 16.9 Å². The van der Waals surface area contributed by atoms with E-state index in [-0.39, 0.29) is 17.0 Å². The van der Waals surface area contributed by atoms with E-state index in [2.05, 4.69) is 4.72 Å². The fraction of sp³-hybridized carbons (Fsp3) is 0.0800. The second-order valence-electron chi connectivity index (χ2n) is 7.54. The number of halogens is 3. The van der Waals surface area contributed by atoms with Crippen molar-refractivity contribution >= 4 is 44.8 Å². The molecule has 34 heavy (non-hydrogen) atoms. The lowest BCUT2D eigenvalue weighted by atomic mass is 10.1. The number of nitrogens with zero attached hydrogens (tertiary/aromatic N) is 2. The Morgan fingerprint density at radius 2 is 1.65 bits per heavy atom. The third kappa shape index (κ3) is 5.00. The zero-order valence-electron chi connectivity index (χ0n) is 17.9. The highest BCUT2D eigenvalue weighted by molar-refractivity contribution is 7.89. The average Bonchev–Trinajstić information content (AvgIpc) is 3.14. The largest absolute Gasteiger partial charge is 0.314 e. The summed E-state index contributed by atoms with van der Waals surface area (Å²) in [4.78, 5) is 0.0299. The van der Waals surface area contributed by atoms with Crippen LogP contribution in [-0.4, -0.2) is 13.0 Å². The Bertz CT molecular complexity index is 1520. The van der Waals surface area contributed by atoms with Crippen molar-refractivity contribution in [2.24, 2.45) is 0 Å². The third-order valence-corrected chi connectivity index (χ3v) is 7.57. The highest BCUT2D eigenvalue weighted by atomic mass is 35.5. The van der Waals surface area contributed by atoms with Crippen LogP contribution in [-0.2, 0) is 16.6 Å². The lowest BCUT2D eigenvalue weighted by Gasteiger charge is -2.14. The molecule has 0 spiro atoms. The van der Waals surface area contributed by atoms with E-state index in [9.17, 15) is 8.42 Å².